The van der Waals surface area contributed by atoms with E-state index in [2.05, 4.69) is 27.0 Å². The third-order valence-electron chi connectivity index (χ3n) is 4.87. The summed E-state index contributed by atoms with van der Waals surface area (Å²) in [5.41, 5.74) is 0.446. The molecule has 0 atom stereocenters. The number of carbonyl (C=O) groups is 1. The summed E-state index contributed by atoms with van der Waals surface area (Å²) in [6.07, 6.45) is 7.51. The average molecular weight is 427 g/mol. The molecule has 0 bridgehead atoms. The summed E-state index contributed by atoms with van der Waals surface area (Å²) in [6.45, 7) is 2.89. The summed E-state index contributed by atoms with van der Waals surface area (Å²) in [5.74, 6) is 1.79. The second kappa shape index (κ2) is 9.80. The number of anilines is 1. The number of carbonyl (C=O) groups excluding carboxylic acids is 1. The number of aromatic nitrogens is 3. The zero-order valence-electron chi connectivity index (χ0n) is 15.4. The van der Waals surface area contributed by atoms with Gasteiger partial charge < -0.3 is 9.88 Å². The number of amides is 1. The molecular formula is C19H24Cl2N4OS. The molecule has 1 aromatic heterocycles. The van der Waals surface area contributed by atoms with Gasteiger partial charge in [0.25, 0.3) is 0 Å². The Bertz CT molecular complexity index is 770. The lowest BCUT2D eigenvalue weighted by Crippen LogP contribution is -2.16. The predicted molar refractivity (Wildman–Crippen MR) is 112 cm³/mol. The zero-order valence-corrected chi connectivity index (χ0v) is 17.7. The Kier molecular flexibility index (Phi) is 7.44. The SMILES string of the molecule is CCn1c(CC2CCCCC2)nnc1SCC(=O)Nc1c(Cl)cccc1Cl. The third-order valence-corrected chi connectivity index (χ3v) is 6.46. The van der Waals surface area contributed by atoms with Crippen LogP contribution in [-0.2, 0) is 17.8 Å². The number of hydrogen-bond donors (Lipinski definition) is 1. The molecule has 8 heteroatoms. The van der Waals surface area contributed by atoms with Crippen molar-refractivity contribution in [3.63, 3.8) is 0 Å². The molecule has 27 heavy (non-hydrogen) atoms. The van der Waals surface area contributed by atoms with Crippen LogP contribution in [0.3, 0.4) is 0 Å². The largest absolute Gasteiger partial charge is 0.323 e. The fourth-order valence-electron chi connectivity index (χ4n) is 3.47. The molecule has 1 aliphatic rings. The van der Waals surface area contributed by atoms with E-state index >= 15 is 0 Å². The van der Waals surface area contributed by atoms with E-state index in [-0.39, 0.29) is 11.7 Å². The number of para-hydroxylation sites is 1. The Morgan fingerprint density at radius 3 is 2.59 bits per heavy atom. The van der Waals surface area contributed by atoms with Crippen molar-refractivity contribution in [2.45, 2.75) is 57.1 Å². The topological polar surface area (TPSA) is 59.8 Å². The summed E-state index contributed by atoms with van der Waals surface area (Å²) in [5, 5.41) is 13.1. The summed E-state index contributed by atoms with van der Waals surface area (Å²) >= 11 is 13.6. The van der Waals surface area contributed by atoms with Crippen molar-refractivity contribution in [2.24, 2.45) is 5.92 Å². The Morgan fingerprint density at radius 2 is 1.93 bits per heavy atom. The van der Waals surface area contributed by atoms with Gasteiger partial charge in [-0.2, -0.15) is 0 Å². The second-order valence-corrected chi connectivity index (χ2v) is 8.54. The van der Waals surface area contributed by atoms with E-state index in [1.165, 1.54) is 43.9 Å². The molecule has 0 saturated heterocycles. The maximum Gasteiger partial charge on any atom is 0.234 e. The van der Waals surface area contributed by atoms with Gasteiger partial charge in [-0.25, -0.2) is 0 Å². The highest BCUT2D eigenvalue weighted by Crippen LogP contribution is 2.30. The maximum atomic E-state index is 12.3. The van der Waals surface area contributed by atoms with Crippen molar-refractivity contribution in [3.8, 4) is 0 Å². The molecule has 1 fully saturated rings. The molecule has 3 rings (SSSR count). The molecular weight excluding hydrogens is 403 g/mol. The van der Waals surface area contributed by atoms with Gasteiger partial charge in [-0.3, -0.25) is 4.79 Å². The first kappa shape index (κ1) is 20.5. The highest BCUT2D eigenvalue weighted by Gasteiger charge is 2.19. The highest BCUT2D eigenvalue weighted by atomic mass is 35.5. The molecule has 1 amide bonds. The smallest absolute Gasteiger partial charge is 0.234 e. The minimum atomic E-state index is -0.172. The molecule has 0 radical (unpaired) electrons. The van der Waals surface area contributed by atoms with Gasteiger partial charge in [0.05, 0.1) is 21.5 Å². The third kappa shape index (κ3) is 5.39. The van der Waals surface area contributed by atoms with E-state index in [0.29, 0.717) is 21.7 Å². The van der Waals surface area contributed by atoms with Gasteiger partial charge in [-0.15, -0.1) is 10.2 Å². The fourth-order valence-corrected chi connectivity index (χ4v) is 4.78. The fraction of sp³-hybridized carbons (Fsp3) is 0.526. The van der Waals surface area contributed by atoms with E-state index in [1.807, 2.05) is 0 Å². The van der Waals surface area contributed by atoms with Gasteiger partial charge in [0.2, 0.25) is 5.91 Å². The number of hydrogen-bond acceptors (Lipinski definition) is 4. The van der Waals surface area contributed by atoms with Gasteiger partial charge in [0.15, 0.2) is 5.16 Å². The van der Waals surface area contributed by atoms with Gasteiger partial charge in [0.1, 0.15) is 5.82 Å². The summed E-state index contributed by atoms with van der Waals surface area (Å²) < 4.78 is 2.12. The first-order valence-electron chi connectivity index (χ1n) is 9.37. The Balaban J connectivity index is 1.59. The van der Waals surface area contributed by atoms with Crippen LogP contribution in [0, 0.1) is 5.92 Å². The molecule has 5 nitrogen and oxygen atoms in total. The molecule has 2 aromatic rings. The monoisotopic (exact) mass is 426 g/mol. The second-order valence-electron chi connectivity index (χ2n) is 6.78. The molecule has 1 aromatic carbocycles. The van der Waals surface area contributed by atoms with E-state index in [0.717, 1.165) is 23.9 Å². The van der Waals surface area contributed by atoms with E-state index in [9.17, 15) is 4.79 Å². The number of benzene rings is 1. The average Bonchev–Trinajstić information content (AvgIpc) is 3.05. The number of rotatable bonds is 7. The maximum absolute atomic E-state index is 12.3. The van der Waals surface area contributed by atoms with Crippen LogP contribution in [0.1, 0.15) is 44.9 Å². The molecule has 0 aliphatic heterocycles. The first-order valence-corrected chi connectivity index (χ1v) is 11.1. The van der Waals surface area contributed by atoms with Gasteiger partial charge in [-0.1, -0.05) is 73.1 Å². The molecule has 1 N–H and O–H groups in total. The lowest BCUT2D eigenvalue weighted by molar-refractivity contribution is -0.113. The molecule has 1 saturated carbocycles. The van der Waals surface area contributed by atoms with Crippen molar-refractivity contribution in [2.75, 3.05) is 11.1 Å². The van der Waals surface area contributed by atoms with Gasteiger partial charge in [-0.05, 0) is 25.0 Å². The Hall–Kier alpha value is -1.24. The minimum absolute atomic E-state index is 0.172. The lowest BCUT2D eigenvalue weighted by atomic mass is 9.87. The number of nitrogens with one attached hydrogen (secondary N) is 1. The first-order chi connectivity index (χ1) is 13.1. The molecule has 1 heterocycles. The van der Waals surface area contributed by atoms with Gasteiger partial charge >= 0.3 is 0 Å². The van der Waals surface area contributed by atoms with Crippen molar-refractivity contribution in [1.29, 1.82) is 0 Å². The van der Waals surface area contributed by atoms with Crippen molar-refractivity contribution >= 4 is 46.6 Å². The Morgan fingerprint density at radius 1 is 1.22 bits per heavy atom. The highest BCUT2D eigenvalue weighted by molar-refractivity contribution is 7.99. The molecule has 0 unspecified atom stereocenters. The van der Waals surface area contributed by atoms with Crippen LogP contribution in [0.5, 0.6) is 0 Å². The zero-order chi connectivity index (χ0) is 19.2. The van der Waals surface area contributed by atoms with Crippen LogP contribution in [0.2, 0.25) is 10.0 Å². The Labute approximate surface area is 174 Å². The summed E-state index contributed by atoms with van der Waals surface area (Å²) in [4.78, 5) is 12.3. The quantitative estimate of drug-likeness (QED) is 0.597. The van der Waals surface area contributed by atoms with E-state index in [1.54, 1.807) is 18.2 Å². The van der Waals surface area contributed by atoms with Crippen LogP contribution in [-0.4, -0.2) is 26.4 Å². The number of nitrogens with zero attached hydrogens (tertiary/aromatic N) is 3. The van der Waals surface area contributed by atoms with E-state index < -0.39 is 0 Å². The molecule has 1 aliphatic carbocycles. The summed E-state index contributed by atoms with van der Waals surface area (Å²) in [7, 11) is 0. The van der Waals surface area contributed by atoms with Crippen LogP contribution in [0.15, 0.2) is 23.4 Å². The molecule has 146 valence electrons. The summed E-state index contributed by atoms with van der Waals surface area (Å²) in [6, 6.07) is 5.13. The van der Waals surface area contributed by atoms with Crippen LogP contribution >= 0.6 is 35.0 Å². The molecule has 0 spiro atoms. The normalized spacial score (nSPS) is 15.1. The van der Waals surface area contributed by atoms with Gasteiger partial charge in [0, 0.05) is 13.0 Å². The van der Waals surface area contributed by atoms with E-state index in [4.69, 9.17) is 23.2 Å². The predicted octanol–water partition coefficient (Wildman–Crippen LogP) is 5.46. The minimum Gasteiger partial charge on any atom is -0.323 e. The van der Waals surface area contributed by atoms with Crippen LogP contribution in [0.25, 0.3) is 0 Å². The van der Waals surface area contributed by atoms with Crippen molar-refractivity contribution in [3.05, 3.63) is 34.1 Å². The van der Waals surface area contributed by atoms with Crippen LogP contribution < -0.4 is 5.32 Å². The lowest BCUT2D eigenvalue weighted by Gasteiger charge is -2.21. The van der Waals surface area contributed by atoms with Crippen LogP contribution in [0.4, 0.5) is 5.69 Å². The number of halogens is 2. The standard InChI is InChI=1S/C19H24Cl2N4OS/c1-2-25-16(11-13-7-4-3-5-8-13)23-24-19(25)27-12-17(26)22-18-14(20)9-6-10-15(18)21/h6,9-10,13H,2-5,7-8,11-12H2,1H3,(H,22,26). The van der Waals surface area contributed by atoms with Crippen molar-refractivity contribution in [1.82, 2.24) is 14.8 Å². The number of thioether (sulfide) groups is 1. The van der Waals surface area contributed by atoms with Crippen molar-refractivity contribution < 1.29 is 4.79 Å².